The predicted octanol–water partition coefficient (Wildman–Crippen LogP) is 2.24. The van der Waals surface area contributed by atoms with Gasteiger partial charge in [-0.05, 0) is 60.2 Å². The summed E-state index contributed by atoms with van der Waals surface area (Å²) in [5.74, 6) is 2.06. The van der Waals surface area contributed by atoms with Gasteiger partial charge in [-0.15, -0.1) is 0 Å². The number of rotatable bonds is 0. The fourth-order valence-electron chi connectivity index (χ4n) is 6.23. The van der Waals surface area contributed by atoms with Crippen LogP contribution < -0.4 is 5.73 Å². The van der Waals surface area contributed by atoms with Gasteiger partial charge in [0.25, 0.3) is 0 Å². The lowest BCUT2D eigenvalue weighted by atomic mass is 9.48. The number of fused-ring (bicyclic) bond motifs is 5. The minimum absolute atomic E-state index is 0.0754. The van der Waals surface area contributed by atoms with E-state index in [1.54, 1.807) is 0 Å². The van der Waals surface area contributed by atoms with Crippen molar-refractivity contribution in [3.8, 4) is 0 Å². The Morgan fingerprint density at radius 1 is 1.05 bits per heavy atom. The molecule has 2 fully saturated rings. The molecular weight excluding hydrogens is 274 g/mol. The van der Waals surface area contributed by atoms with Crippen molar-refractivity contribution in [2.75, 3.05) is 0 Å². The number of nitrogens with two attached hydrogens (primary N) is 1. The highest BCUT2D eigenvalue weighted by molar-refractivity contribution is 5.25. The topological polar surface area (TPSA) is 66.5 Å². The first kappa shape index (κ1) is 14.9. The van der Waals surface area contributed by atoms with E-state index in [-0.39, 0.29) is 29.1 Å². The number of allylic oxidation sites excluding steroid dienone is 3. The van der Waals surface area contributed by atoms with Crippen LogP contribution in [-0.4, -0.2) is 28.5 Å². The Morgan fingerprint density at radius 2 is 1.82 bits per heavy atom. The second-order valence-electron chi connectivity index (χ2n) is 8.68. The third kappa shape index (κ3) is 1.79. The second-order valence-corrected chi connectivity index (χ2v) is 8.68. The Labute approximate surface area is 133 Å². The summed E-state index contributed by atoms with van der Waals surface area (Å²) >= 11 is 0. The normalized spacial score (nSPS) is 59.8. The standard InChI is InChI=1S/C19H29NO2/c1-18-7-5-12(21)9-11(18)3-4-13-14(18)6-8-19(2)15(13)10-16(22)17(19)20/h3-5,7,11-17,21-22H,6,8-10,20H2,1-2H3/t11?,12-,13-,14+,15+,16+,17+,18+,19+/m1/s1. The number of hydrogen-bond acceptors (Lipinski definition) is 3. The fraction of sp³-hybridized carbons (Fsp3) is 0.789. The summed E-state index contributed by atoms with van der Waals surface area (Å²) in [7, 11) is 0. The first-order chi connectivity index (χ1) is 10.4. The number of aliphatic hydroxyl groups excluding tert-OH is 2. The van der Waals surface area contributed by atoms with Crippen LogP contribution in [0.5, 0.6) is 0 Å². The van der Waals surface area contributed by atoms with Crippen molar-refractivity contribution < 1.29 is 10.2 Å². The first-order valence-corrected chi connectivity index (χ1v) is 8.85. The van der Waals surface area contributed by atoms with E-state index in [9.17, 15) is 10.2 Å². The van der Waals surface area contributed by atoms with E-state index in [2.05, 4.69) is 32.1 Å². The fourth-order valence-corrected chi connectivity index (χ4v) is 6.23. The molecule has 0 spiro atoms. The molecule has 0 radical (unpaired) electrons. The van der Waals surface area contributed by atoms with Crippen molar-refractivity contribution in [2.45, 2.75) is 57.8 Å². The predicted molar refractivity (Wildman–Crippen MR) is 86.9 cm³/mol. The smallest absolute Gasteiger partial charge is 0.0727 e. The molecule has 3 heteroatoms. The highest BCUT2D eigenvalue weighted by Gasteiger charge is 2.59. The van der Waals surface area contributed by atoms with E-state index in [4.69, 9.17) is 5.73 Å². The van der Waals surface area contributed by atoms with Crippen LogP contribution in [-0.2, 0) is 0 Å². The molecular formula is C19H29NO2. The molecule has 4 N–H and O–H groups in total. The van der Waals surface area contributed by atoms with Crippen molar-refractivity contribution in [3.63, 3.8) is 0 Å². The van der Waals surface area contributed by atoms with E-state index in [0.29, 0.717) is 23.7 Å². The van der Waals surface area contributed by atoms with Gasteiger partial charge in [0.05, 0.1) is 12.2 Å². The van der Waals surface area contributed by atoms with Crippen LogP contribution in [0.1, 0.15) is 39.5 Å². The van der Waals surface area contributed by atoms with Gasteiger partial charge in [0.15, 0.2) is 0 Å². The summed E-state index contributed by atoms with van der Waals surface area (Å²) in [6, 6.07) is -0.0823. The molecule has 0 amide bonds. The Bertz CT molecular complexity index is 530. The maximum Gasteiger partial charge on any atom is 0.0727 e. The summed E-state index contributed by atoms with van der Waals surface area (Å²) in [6.07, 6.45) is 12.3. The SMILES string of the molecule is C[C@]12CC[C@H]3[C@@H](C=CC4C[C@H](O)C=C[C@@]43C)[C@@H]1C[C@H](O)[C@@H]2N. The minimum Gasteiger partial charge on any atom is -0.391 e. The molecule has 0 aromatic carbocycles. The van der Waals surface area contributed by atoms with Crippen LogP contribution in [0.4, 0.5) is 0 Å². The van der Waals surface area contributed by atoms with Crippen LogP contribution in [0, 0.1) is 34.5 Å². The molecule has 122 valence electrons. The molecule has 0 aromatic heterocycles. The van der Waals surface area contributed by atoms with Crippen molar-refractivity contribution >= 4 is 0 Å². The van der Waals surface area contributed by atoms with Crippen LogP contribution in [0.15, 0.2) is 24.3 Å². The lowest BCUT2D eigenvalue weighted by molar-refractivity contribution is -0.0233. The quantitative estimate of drug-likeness (QED) is 0.601. The summed E-state index contributed by atoms with van der Waals surface area (Å²) in [6.45, 7) is 4.66. The van der Waals surface area contributed by atoms with Gasteiger partial charge in [0, 0.05) is 6.04 Å². The summed E-state index contributed by atoms with van der Waals surface area (Å²) in [4.78, 5) is 0. The summed E-state index contributed by atoms with van der Waals surface area (Å²) < 4.78 is 0. The molecule has 4 aliphatic rings. The molecule has 0 aliphatic heterocycles. The van der Waals surface area contributed by atoms with E-state index in [1.165, 1.54) is 6.42 Å². The van der Waals surface area contributed by atoms with Crippen molar-refractivity contribution in [3.05, 3.63) is 24.3 Å². The van der Waals surface area contributed by atoms with E-state index >= 15 is 0 Å². The van der Waals surface area contributed by atoms with Gasteiger partial charge in [-0.1, -0.05) is 38.2 Å². The molecule has 4 rings (SSSR count). The van der Waals surface area contributed by atoms with Gasteiger partial charge < -0.3 is 15.9 Å². The van der Waals surface area contributed by atoms with Gasteiger partial charge in [-0.2, -0.15) is 0 Å². The molecule has 0 heterocycles. The molecule has 1 unspecified atom stereocenters. The van der Waals surface area contributed by atoms with Crippen LogP contribution in [0.25, 0.3) is 0 Å². The van der Waals surface area contributed by atoms with E-state index in [0.717, 1.165) is 19.3 Å². The minimum atomic E-state index is -0.351. The van der Waals surface area contributed by atoms with Crippen LogP contribution >= 0.6 is 0 Å². The maximum atomic E-state index is 10.3. The van der Waals surface area contributed by atoms with Gasteiger partial charge in [0.1, 0.15) is 0 Å². The first-order valence-electron chi connectivity index (χ1n) is 8.85. The number of hydrogen-bond donors (Lipinski definition) is 3. The summed E-state index contributed by atoms with van der Waals surface area (Å²) in [5.41, 5.74) is 6.58. The Kier molecular flexibility index (Phi) is 3.18. The zero-order valence-corrected chi connectivity index (χ0v) is 13.7. The lowest BCUT2D eigenvalue weighted by Crippen LogP contribution is -2.53. The van der Waals surface area contributed by atoms with Gasteiger partial charge >= 0.3 is 0 Å². The molecule has 0 bridgehead atoms. The molecule has 9 atom stereocenters. The average Bonchev–Trinajstić information content (AvgIpc) is 2.72. The second kappa shape index (κ2) is 4.68. The van der Waals surface area contributed by atoms with Crippen molar-refractivity contribution in [2.24, 2.45) is 40.2 Å². The highest BCUT2D eigenvalue weighted by atomic mass is 16.3. The van der Waals surface area contributed by atoms with Crippen LogP contribution in [0.3, 0.4) is 0 Å². The average molecular weight is 303 g/mol. The monoisotopic (exact) mass is 303 g/mol. The van der Waals surface area contributed by atoms with E-state index < -0.39 is 0 Å². The van der Waals surface area contributed by atoms with Crippen LogP contribution in [0.2, 0.25) is 0 Å². The molecule has 0 saturated heterocycles. The zero-order valence-electron chi connectivity index (χ0n) is 13.7. The Hall–Kier alpha value is -0.640. The Morgan fingerprint density at radius 3 is 2.59 bits per heavy atom. The maximum absolute atomic E-state index is 10.3. The molecule has 22 heavy (non-hydrogen) atoms. The van der Waals surface area contributed by atoms with Gasteiger partial charge in [-0.25, -0.2) is 0 Å². The third-order valence-corrected chi connectivity index (χ3v) is 7.78. The highest BCUT2D eigenvalue weighted by Crippen LogP contribution is 2.63. The third-order valence-electron chi connectivity index (χ3n) is 7.78. The lowest BCUT2D eigenvalue weighted by Gasteiger charge is -2.56. The van der Waals surface area contributed by atoms with Gasteiger partial charge in [0.2, 0.25) is 0 Å². The summed E-state index contributed by atoms with van der Waals surface area (Å²) in [5, 5.41) is 20.3. The van der Waals surface area contributed by atoms with Crippen molar-refractivity contribution in [1.82, 2.24) is 0 Å². The van der Waals surface area contributed by atoms with Crippen molar-refractivity contribution in [1.29, 1.82) is 0 Å². The molecule has 3 nitrogen and oxygen atoms in total. The zero-order chi connectivity index (χ0) is 15.7. The van der Waals surface area contributed by atoms with Gasteiger partial charge in [-0.3, -0.25) is 0 Å². The Balaban J connectivity index is 1.71. The molecule has 4 aliphatic carbocycles. The molecule has 0 aromatic rings. The number of aliphatic hydroxyl groups is 2. The molecule has 2 saturated carbocycles. The largest absolute Gasteiger partial charge is 0.391 e. The van der Waals surface area contributed by atoms with E-state index in [1.807, 2.05) is 6.08 Å².